The van der Waals surface area contributed by atoms with E-state index in [1.807, 2.05) is 27.7 Å². The molecule has 0 saturated heterocycles. The Kier molecular flexibility index (Phi) is 2.46. The Bertz CT molecular complexity index is 546. The lowest BCUT2D eigenvalue weighted by atomic mass is 10.1. The first-order chi connectivity index (χ1) is 7.50. The normalized spacial score (nSPS) is 10.8. The highest BCUT2D eigenvalue weighted by molar-refractivity contribution is 6.07. The van der Waals surface area contributed by atoms with Crippen LogP contribution in [0.5, 0.6) is 0 Å². The molecule has 0 amide bonds. The van der Waals surface area contributed by atoms with Crippen LogP contribution in [0.15, 0.2) is 16.5 Å². The van der Waals surface area contributed by atoms with Gasteiger partial charge in [0.25, 0.3) is 0 Å². The average Bonchev–Trinajstić information content (AvgIpc) is 2.78. The van der Waals surface area contributed by atoms with E-state index in [1.165, 1.54) is 0 Å². The molecule has 0 aromatic carbocycles. The van der Waals surface area contributed by atoms with E-state index in [9.17, 15) is 4.79 Å². The Morgan fingerprint density at radius 3 is 2.25 bits per heavy atom. The van der Waals surface area contributed by atoms with Crippen molar-refractivity contribution in [1.29, 1.82) is 0 Å². The van der Waals surface area contributed by atoms with Crippen molar-refractivity contribution >= 4 is 5.78 Å². The maximum absolute atomic E-state index is 12.1. The van der Waals surface area contributed by atoms with Gasteiger partial charge < -0.3 is 9.40 Å². The summed E-state index contributed by atoms with van der Waals surface area (Å²) in [4.78, 5) is 15.2. The second-order valence-corrected chi connectivity index (χ2v) is 4.11. The number of hydrogen-bond donors (Lipinski definition) is 1. The molecular formula is C13H15NO2. The van der Waals surface area contributed by atoms with Crippen molar-refractivity contribution in [3.63, 3.8) is 0 Å². The number of rotatable bonds is 2. The van der Waals surface area contributed by atoms with Crippen LogP contribution in [-0.2, 0) is 0 Å². The number of furan rings is 1. The van der Waals surface area contributed by atoms with E-state index in [0.29, 0.717) is 11.5 Å². The summed E-state index contributed by atoms with van der Waals surface area (Å²) >= 11 is 0. The zero-order valence-electron chi connectivity index (χ0n) is 9.97. The highest BCUT2D eigenvalue weighted by Gasteiger charge is 2.19. The van der Waals surface area contributed by atoms with Crippen molar-refractivity contribution in [2.24, 2.45) is 0 Å². The van der Waals surface area contributed by atoms with Crippen LogP contribution in [0.1, 0.15) is 38.8 Å². The quantitative estimate of drug-likeness (QED) is 0.786. The number of nitrogens with one attached hydrogen (secondary N) is 1. The van der Waals surface area contributed by atoms with E-state index >= 15 is 0 Å². The molecule has 0 saturated carbocycles. The number of carbonyl (C=O) groups excluding carboxylic acids is 1. The summed E-state index contributed by atoms with van der Waals surface area (Å²) in [5, 5.41) is 0. The molecule has 0 unspecified atom stereocenters. The van der Waals surface area contributed by atoms with E-state index < -0.39 is 0 Å². The zero-order valence-corrected chi connectivity index (χ0v) is 9.97. The Morgan fingerprint density at radius 2 is 1.81 bits per heavy atom. The molecule has 2 aromatic heterocycles. The molecule has 0 bridgehead atoms. The Balaban J connectivity index is 2.45. The van der Waals surface area contributed by atoms with Crippen molar-refractivity contribution in [3.8, 4) is 0 Å². The average molecular weight is 217 g/mol. The van der Waals surface area contributed by atoms with Crippen molar-refractivity contribution in [2.45, 2.75) is 27.7 Å². The summed E-state index contributed by atoms with van der Waals surface area (Å²) in [5.74, 6) is 1.06. The van der Waals surface area contributed by atoms with Gasteiger partial charge in [-0.1, -0.05) is 0 Å². The largest absolute Gasteiger partial charge is 0.458 e. The fraction of sp³-hybridized carbons (Fsp3) is 0.308. The first-order valence-electron chi connectivity index (χ1n) is 5.27. The SMILES string of the molecule is Cc1ccc(C(=O)c2[nH]c(C)c(C)c2C)o1. The number of hydrogen-bond acceptors (Lipinski definition) is 2. The third-order valence-corrected chi connectivity index (χ3v) is 3.00. The lowest BCUT2D eigenvalue weighted by Gasteiger charge is -1.96. The highest BCUT2D eigenvalue weighted by Crippen LogP contribution is 2.20. The fourth-order valence-electron chi connectivity index (χ4n) is 1.75. The Labute approximate surface area is 94.5 Å². The molecule has 2 rings (SSSR count). The topological polar surface area (TPSA) is 46.0 Å². The van der Waals surface area contributed by atoms with Crippen molar-refractivity contribution in [3.05, 3.63) is 46.2 Å². The molecule has 0 aliphatic rings. The maximum Gasteiger partial charge on any atom is 0.244 e. The van der Waals surface area contributed by atoms with Crippen LogP contribution in [0.3, 0.4) is 0 Å². The van der Waals surface area contributed by atoms with Gasteiger partial charge in [0.15, 0.2) is 5.76 Å². The van der Waals surface area contributed by atoms with Crippen LogP contribution in [0.4, 0.5) is 0 Å². The summed E-state index contributed by atoms with van der Waals surface area (Å²) in [6.45, 7) is 7.74. The minimum absolute atomic E-state index is 0.0817. The van der Waals surface area contributed by atoms with Gasteiger partial charge in [-0.3, -0.25) is 4.79 Å². The van der Waals surface area contributed by atoms with E-state index in [2.05, 4.69) is 4.98 Å². The Hall–Kier alpha value is -1.77. The third kappa shape index (κ3) is 1.58. The summed E-state index contributed by atoms with van der Waals surface area (Å²) in [6.07, 6.45) is 0. The number of H-pyrrole nitrogens is 1. The van der Waals surface area contributed by atoms with Gasteiger partial charge in [0.2, 0.25) is 5.78 Å². The van der Waals surface area contributed by atoms with E-state index in [0.717, 1.165) is 22.6 Å². The highest BCUT2D eigenvalue weighted by atomic mass is 16.3. The molecule has 1 N–H and O–H groups in total. The van der Waals surface area contributed by atoms with Gasteiger partial charge >= 0.3 is 0 Å². The number of aryl methyl sites for hydroxylation is 2. The third-order valence-electron chi connectivity index (χ3n) is 3.00. The molecule has 0 fully saturated rings. The van der Waals surface area contributed by atoms with Crippen molar-refractivity contribution in [2.75, 3.05) is 0 Å². The molecule has 0 spiro atoms. The number of ketones is 1. The Morgan fingerprint density at radius 1 is 1.12 bits per heavy atom. The molecule has 0 atom stereocenters. The summed E-state index contributed by atoms with van der Waals surface area (Å²) in [6, 6.07) is 3.51. The van der Waals surface area contributed by atoms with E-state index in [-0.39, 0.29) is 5.78 Å². The smallest absolute Gasteiger partial charge is 0.244 e. The van der Waals surface area contributed by atoms with Gasteiger partial charge in [0.1, 0.15) is 5.76 Å². The predicted octanol–water partition coefficient (Wildman–Crippen LogP) is 3.07. The van der Waals surface area contributed by atoms with Crippen molar-refractivity contribution < 1.29 is 9.21 Å². The van der Waals surface area contributed by atoms with Gasteiger partial charge in [0, 0.05) is 5.69 Å². The summed E-state index contributed by atoms with van der Waals surface area (Å²) in [7, 11) is 0. The number of carbonyl (C=O) groups is 1. The van der Waals surface area contributed by atoms with Crippen LogP contribution >= 0.6 is 0 Å². The van der Waals surface area contributed by atoms with Crippen LogP contribution in [-0.4, -0.2) is 10.8 Å². The second-order valence-electron chi connectivity index (χ2n) is 4.11. The van der Waals surface area contributed by atoms with Crippen LogP contribution in [0.25, 0.3) is 0 Å². The molecule has 84 valence electrons. The predicted molar refractivity (Wildman–Crippen MR) is 61.9 cm³/mol. The molecule has 3 nitrogen and oxygen atoms in total. The molecule has 2 heterocycles. The van der Waals surface area contributed by atoms with E-state index in [1.54, 1.807) is 12.1 Å². The van der Waals surface area contributed by atoms with Crippen molar-refractivity contribution in [1.82, 2.24) is 4.98 Å². The second kappa shape index (κ2) is 3.67. The minimum atomic E-state index is -0.0817. The monoisotopic (exact) mass is 217 g/mol. The molecular weight excluding hydrogens is 202 g/mol. The lowest BCUT2D eigenvalue weighted by Crippen LogP contribution is -2.02. The van der Waals surface area contributed by atoms with Gasteiger partial charge in [-0.15, -0.1) is 0 Å². The molecule has 2 aromatic rings. The lowest BCUT2D eigenvalue weighted by molar-refractivity contribution is 0.100. The van der Waals surface area contributed by atoms with Gasteiger partial charge in [0.05, 0.1) is 5.69 Å². The molecule has 0 aliphatic carbocycles. The fourth-order valence-corrected chi connectivity index (χ4v) is 1.75. The minimum Gasteiger partial charge on any atom is -0.458 e. The first-order valence-corrected chi connectivity index (χ1v) is 5.27. The molecule has 16 heavy (non-hydrogen) atoms. The van der Waals surface area contributed by atoms with E-state index in [4.69, 9.17) is 4.42 Å². The number of aromatic amines is 1. The summed E-state index contributed by atoms with van der Waals surface area (Å²) in [5.41, 5.74) is 3.79. The standard InChI is InChI=1S/C13H15NO2/c1-7-5-6-11(16-7)13(15)12-9(3)8(2)10(4)14-12/h5-6,14H,1-4H3. The van der Waals surface area contributed by atoms with Crippen LogP contribution < -0.4 is 0 Å². The summed E-state index contributed by atoms with van der Waals surface area (Å²) < 4.78 is 5.33. The van der Waals surface area contributed by atoms with Gasteiger partial charge in [-0.2, -0.15) is 0 Å². The maximum atomic E-state index is 12.1. The molecule has 0 aliphatic heterocycles. The first kappa shape index (κ1) is 10.7. The molecule has 3 heteroatoms. The number of aromatic nitrogens is 1. The van der Waals surface area contributed by atoms with Gasteiger partial charge in [-0.05, 0) is 51.0 Å². The van der Waals surface area contributed by atoms with Gasteiger partial charge in [-0.25, -0.2) is 0 Å². The zero-order chi connectivity index (χ0) is 11.9. The molecule has 0 radical (unpaired) electrons. The van der Waals surface area contributed by atoms with Crippen LogP contribution in [0.2, 0.25) is 0 Å². The van der Waals surface area contributed by atoms with Crippen LogP contribution in [0, 0.1) is 27.7 Å².